The Bertz CT molecular complexity index is 1220. The van der Waals surface area contributed by atoms with Crippen molar-refractivity contribution in [2.75, 3.05) is 0 Å². The van der Waals surface area contributed by atoms with E-state index in [1.807, 2.05) is 74.6 Å². The van der Waals surface area contributed by atoms with Crippen LogP contribution in [-0.2, 0) is 7.05 Å². The Morgan fingerprint density at radius 3 is 2.26 bits per heavy atom. The lowest BCUT2D eigenvalue weighted by Crippen LogP contribution is -2.28. The maximum Gasteiger partial charge on any atom is 0.270 e. The van der Waals surface area contributed by atoms with Gasteiger partial charge in [0.1, 0.15) is 23.0 Å². The second-order valence-electron chi connectivity index (χ2n) is 7.63. The molecule has 1 aromatic heterocycles. The highest BCUT2D eigenvalue weighted by Crippen LogP contribution is 2.30. The van der Waals surface area contributed by atoms with E-state index in [0.717, 1.165) is 11.1 Å². The van der Waals surface area contributed by atoms with E-state index in [1.165, 1.54) is 6.07 Å². The highest BCUT2D eigenvalue weighted by atomic mass is 19.1. The normalized spacial score (nSPS) is 11.9. The Labute approximate surface area is 181 Å². The summed E-state index contributed by atoms with van der Waals surface area (Å²) in [4.78, 5) is 18.2. The number of carbonyl (C=O) groups excluding carboxylic acids is 1. The van der Waals surface area contributed by atoms with Gasteiger partial charge in [-0.15, -0.1) is 0 Å². The van der Waals surface area contributed by atoms with Gasteiger partial charge in [0.05, 0.1) is 6.04 Å². The van der Waals surface area contributed by atoms with Gasteiger partial charge < -0.3 is 9.88 Å². The summed E-state index contributed by atoms with van der Waals surface area (Å²) in [5.41, 5.74) is 4.10. The third-order valence-corrected chi connectivity index (χ3v) is 5.42. The lowest BCUT2D eigenvalue weighted by molar-refractivity contribution is 0.0932. The van der Waals surface area contributed by atoms with Gasteiger partial charge in [0.25, 0.3) is 5.91 Å². The molecule has 1 N–H and O–H groups in total. The summed E-state index contributed by atoms with van der Waals surface area (Å²) in [6, 6.07) is 24.1. The summed E-state index contributed by atoms with van der Waals surface area (Å²) in [5.74, 6) is 0.160. The number of carbonyl (C=O) groups is 1. The number of benzene rings is 3. The van der Waals surface area contributed by atoms with Gasteiger partial charge in [-0.2, -0.15) is 0 Å². The molecule has 0 aliphatic carbocycles. The van der Waals surface area contributed by atoms with Gasteiger partial charge in [0, 0.05) is 18.2 Å². The number of rotatable bonds is 5. The molecule has 156 valence electrons. The number of hydrogen-bond acceptors (Lipinski definition) is 2. The monoisotopic (exact) mass is 413 g/mol. The van der Waals surface area contributed by atoms with Crippen LogP contribution in [0.5, 0.6) is 0 Å². The van der Waals surface area contributed by atoms with Crippen LogP contribution in [0.2, 0.25) is 0 Å². The number of amides is 1. The van der Waals surface area contributed by atoms with Crippen molar-refractivity contribution in [3.05, 3.63) is 102 Å². The lowest BCUT2D eigenvalue weighted by atomic mass is 10.1. The highest BCUT2D eigenvalue weighted by Gasteiger charge is 2.24. The van der Waals surface area contributed by atoms with Crippen molar-refractivity contribution >= 4 is 5.91 Å². The average molecular weight is 413 g/mol. The summed E-state index contributed by atoms with van der Waals surface area (Å²) >= 11 is 0. The Balaban J connectivity index is 1.80. The van der Waals surface area contributed by atoms with Gasteiger partial charge in [0.2, 0.25) is 0 Å². The smallest absolute Gasteiger partial charge is 0.270 e. The number of imidazole rings is 1. The maximum atomic E-state index is 13.9. The van der Waals surface area contributed by atoms with Crippen LogP contribution in [0.1, 0.15) is 34.6 Å². The van der Waals surface area contributed by atoms with E-state index >= 15 is 0 Å². The van der Waals surface area contributed by atoms with Gasteiger partial charge >= 0.3 is 0 Å². The van der Waals surface area contributed by atoms with E-state index in [2.05, 4.69) is 5.32 Å². The quantitative estimate of drug-likeness (QED) is 0.457. The van der Waals surface area contributed by atoms with Crippen LogP contribution in [0.15, 0.2) is 78.9 Å². The first kappa shape index (κ1) is 20.5. The van der Waals surface area contributed by atoms with Crippen molar-refractivity contribution < 1.29 is 9.18 Å². The molecule has 0 spiro atoms. The first-order valence-electron chi connectivity index (χ1n) is 10.2. The molecule has 0 saturated heterocycles. The fourth-order valence-corrected chi connectivity index (χ4v) is 3.69. The number of hydrogen-bond donors (Lipinski definition) is 1. The standard InChI is InChI=1S/C26H24FN3O/c1-17-16-21(14-15-22(17)27)23-24(26(31)28-18(2)19-10-6-4-7-11-19)30(3)25(29-23)20-12-8-5-9-13-20/h4-16,18H,1-3H3,(H,28,31). The van der Waals surface area contributed by atoms with E-state index in [0.29, 0.717) is 28.3 Å². The zero-order valence-corrected chi connectivity index (χ0v) is 17.8. The van der Waals surface area contributed by atoms with Crippen LogP contribution in [0, 0.1) is 12.7 Å². The van der Waals surface area contributed by atoms with Crippen LogP contribution in [-0.4, -0.2) is 15.5 Å². The molecular formula is C26H24FN3O. The zero-order valence-electron chi connectivity index (χ0n) is 17.8. The topological polar surface area (TPSA) is 46.9 Å². The molecule has 1 heterocycles. The molecule has 4 rings (SSSR count). The predicted octanol–water partition coefficient (Wildman–Crippen LogP) is 5.69. The van der Waals surface area contributed by atoms with E-state index in [1.54, 1.807) is 23.6 Å². The van der Waals surface area contributed by atoms with Gasteiger partial charge in [-0.25, -0.2) is 9.37 Å². The Morgan fingerprint density at radius 2 is 1.61 bits per heavy atom. The molecule has 1 amide bonds. The Kier molecular flexibility index (Phi) is 5.67. The van der Waals surface area contributed by atoms with Crippen LogP contribution in [0.4, 0.5) is 4.39 Å². The summed E-state index contributed by atoms with van der Waals surface area (Å²) < 4.78 is 15.7. The molecular weight excluding hydrogens is 389 g/mol. The van der Waals surface area contributed by atoms with Crippen molar-refractivity contribution in [2.45, 2.75) is 19.9 Å². The number of nitrogens with one attached hydrogen (secondary N) is 1. The fraction of sp³-hybridized carbons (Fsp3) is 0.154. The molecule has 0 aliphatic heterocycles. The number of aromatic nitrogens is 2. The molecule has 0 radical (unpaired) electrons. The van der Waals surface area contributed by atoms with Crippen LogP contribution in [0.3, 0.4) is 0 Å². The zero-order chi connectivity index (χ0) is 22.0. The number of nitrogens with zero attached hydrogens (tertiary/aromatic N) is 2. The molecule has 0 bridgehead atoms. The second kappa shape index (κ2) is 8.56. The van der Waals surface area contributed by atoms with Crippen molar-refractivity contribution in [1.29, 1.82) is 0 Å². The molecule has 1 unspecified atom stereocenters. The SMILES string of the molecule is Cc1cc(-c2nc(-c3ccccc3)n(C)c2C(=O)NC(C)c2ccccc2)ccc1F. The molecule has 0 aliphatic rings. The maximum absolute atomic E-state index is 13.9. The van der Waals surface area contributed by atoms with E-state index < -0.39 is 0 Å². The van der Waals surface area contributed by atoms with Crippen LogP contribution < -0.4 is 5.32 Å². The molecule has 1 atom stereocenters. The van der Waals surface area contributed by atoms with Gasteiger partial charge in [-0.1, -0.05) is 60.7 Å². The molecule has 0 fully saturated rings. The fourth-order valence-electron chi connectivity index (χ4n) is 3.69. The largest absolute Gasteiger partial charge is 0.344 e. The summed E-state index contributed by atoms with van der Waals surface area (Å²) in [6.07, 6.45) is 0. The summed E-state index contributed by atoms with van der Waals surface area (Å²) in [6.45, 7) is 3.65. The van der Waals surface area contributed by atoms with E-state index in [9.17, 15) is 9.18 Å². The number of aryl methyl sites for hydroxylation is 1. The summed E-state index contributed by atoms with van der Waals surface area (Å²) in [5, 5.41) is 3.08. The molecule has 4 aromatic rings. The Morgan fingerprint density at radius 1 is 0.968 bits per heavy atom. The molecule has 4 nitrogen and oxygen atoms in total. The third-order valence-electron chi connectivity index (χ3n) is 5.42. The van der Waals surface area contributed by atoms with E-state index in [4.69, 9.17) is 4.98 Å². The molecule has 3 aromatic carbocycles. The molecule has 31 heavy (non-hydrogen) atoms. The predicted molar refractivity (Wildman–Crippen MR) is 121 cm³/mol. The minimum absolute atomic E-state index is 0.174. The van der Waals surface area contributed by atoms with Crippen molar-refractivity contribution in [1.82, 2.24) is 14.9 Å². The molecule has 0 saturated carbocycles. The highest BCUT2D eigenvalue weighted by molar-refractivity contribution is 5.99. The Hall–Kier alpha value is -3.73. The third kappa shape index (κ3) is 4.12. The van der Waals surface area contributed by atoms with Gasteiger partial charge in [0.15, 0.2) is 0 Å². The second-order valence-corrected chi connectivity index (χ2v) is 7.63. The summed E-state index contributed by atoms with van der Waals surface area (Å²) in [7, 11) is 1.83. The minimum atomic E-state index is -0.285. The van der Waals surface area contributed by atoms with Crippen molar-refractivity contribution in [3.63, 3.8) is 0 Å². The van der Waals surface area contributed by atoms with Crippen molar-refractivity contribution in [3.8, 4) is 22.6 Å². The first-order valence-corrected chi connectivity index (χ1v) is 10.2. The van der Waals surface area contributed by atoms with Gasteiger partial charge in [-0.05, 0) is 43.2 Å². The van der Waals surface area contributed by atoms with Crippen molar-refractivity contribution in [2.24, 2.45) is 7.05 Å². The average Bonchev–Trinajstić information content (AvgIpc) is 3.14. The van der Waals surface area contributed by atoms with Gasteiger partial charge in [-0.3, -0.25) is 4.79 Å². The lowest BCUT2D eigenvalue weighted by Gasteiger charge is -2.15. The number of halogens is 1. The molecule has 5 heteroatoms. The first-order chi connectivity index (χ1) is 15.0. The van der Waals surface area contributed by atoms with Crippen LogP contribution >= 0.6 is 0 Å². The minimum Gasteiger partial charge on any atom is -0.344 e. The van der Waals surface area contributed by atoms with Crippen LogP contribution in [0.25, 0.3) is 22.6 Å². The van der Waals surface area contributed by atoms with E-state index in [-0.39, 0.29) is 17.8 Å².